The molecule has 104 valence electrons. The first-order chi connectivity index (χ1) is 9.47. The van der Waals surface area contributed by atoms with Crippen LogP contribution in [0.1, 0.15) is 5.56 Å². The molecule has 0 spiro atoms. The number of hydrogen-bond acceptors (Lipinski definition) is 2. The Morgan fingerprint density at radius 1 is 1.10 bits per heavy atom. The fraction of sp³-hybridized carbons (Fsp3) is 0.0714. The molecule has 1 amide bonds. The minimum absolute atomic E-state index is 0.113. The van der Waals surface area contributed by atoms with Gasteiger partial charge in [0.15, 0.2) is 0 Å². The summed E-state index contributed by atoms with van der Waals surface area (Å²) in [6.07, 6.45) is 0.113. The summed E-state index contributed by atoms with van der Waals surface area (Å²) in [6.45, 7) is 0. The number of para-hydroxylation sites is 1. The topological polar surface area (TPSA) is 49.3 Å². The van der Waals surface area contributed by atoms with Crippen molar-refractivity contribution in [3.05, 3.63) is 55.4 Å². The third-order valence-electron chi connectivity index (χ3n) is 2.61. The summed E-state index contributed by atoms with van der Waals surface area (Å²) in [5.74, 6) is -0.0770. The molecular weight excluding hydrogens is 454 g/mol. The summed E-state index contributed by atoms with van der Waals surface area (Å²) >= 11 is 10.2. The van der Waals surface area contributed by atoms with E-state index in [0.29, 0.717) is 11.3 Å². The molecule has 0 aliphatic rings. The molecule has 0 fully saturated rings. The normalized spacial score (nSPS) is 10.3. The molecule has 0 heterocycles. The van der Waals surface area contributed by atoms with E-state index in [1.54, 1.807) is 24.3 Å². The minimum atomic E-state index is -0.199. The molecule has 0 atom stereocenters. The number of rotatable bonds is 3. The molecular formula is C14H10Br3NO2. The fourth-order valence-corrected chi connectivity index (χ4v) is 4.14. The zero-order valence-corrected chi connectivity index (χ0v) is 14.9. The number of halogens is 3. The minimum Gasteiger partial charge on any atom is -0.508 e. The van der Waals surface area contributed by atoms with E-state index in [-0.39, 0.29) is 18.1 Å². The Bertz CT molecular complexity index is 636. The molecule has 20 heavy (non-hydrogen) atoms. The largest absolute Gasteiger partial charge is 0.508 e. The van der Waals surface area contributed by atoms with Gasteiger partial charge in [0.1, 0.15) is 5.75 Å². The van der Waals surface area contributed by atoms with Crippen molar-refractivity contribution < 1.29 is 9.90 Å². The second kappa shape index (κ2) is 6.74. The van der Waals surface area contributed by atoms with Crippen LogP contribution in [0.3, 0.4) is 0 Å². The average molecular weight is 464 g/mol. The van der Waals surface area contributed by atoms with Gasteiger partial charge in [0.05, 0.1) is 12.1 Å². The monoisotopic (exact) mass is 461 g/mol. The molecule has 0 unspecified atom stereocenters. The maximum Gasteiger partial charge on any atom is 0.228 e. The highest BCUT2D eigenvalue weighted by Gasteiger charge is 2.12. The van der Waals surface area contributed by atoms with Crippen molar-refractivity contribution in [2.24, 2.45) is 0 Å². The van der Waals surface area contributed by atoms with Crippen LogP contribution in [-0.4, -0.2) is 11.0 Å². The van der Waals surface area contributed by atoms with Crippen LogP contribution in [0.2, 0.25) is 0 Å². The van der Waals surface area contributed by atoms with Crippen molar-refractivity contribution in [1.29, 1.82) is 0 Å². The number of phenols is 1. The number of anilines is 1. The van der Waals surface area contributed by atoms with Crippen LogP contribution < -0.4 is 5.32 Å². The summed E-state index contributed by atoms with van der Waals surface area (Å²) in [6, 6.07) is 10.5. The van der Waals surface area contributed by atoms with Gasteiger partial charge in [-0.15, -0.1) is 0 Å². The Hall–Kier alpha value is -0.850. The van der Waals surface area contributed by atoms with E-state index in [1.165, 1.54) is 0 Å². The first-order valence-corrected chi connectivity index (χ1v) is 8.06. The number of aromatic hydroxyl groups is 1. The van der Waals surface area contributed by atoms with Gasteiger partial charge in [0.25, 0.3) is 0 Å². The summed E-state index contributed by atoms with van der Waals surface area (Å²) in [5.41, 5.74) is 1.25. The van der Waals surface area contributed by atoms with Crippen molar-refractivity contribution in [3.63, 3.8) is 0 Å². The Morgan fingerprint density at radius 3 is 2.30 bits per heavy atom. The summed E-state index contributed by atoms with van der Waals surface area (Å²) < 4.78 is 2.43. The Kier molecular flexibility index (Phi) is 5.23. The van der Waals surface area contributed by atoms with Crippen molar-refractivity contribution >= 4 is 59.4 Å². The van der Waals surface area contributed by atoms with Gasteiger partial charge in [-0.1, -0.05) is 34.1 Å². The van der Waals surface area contributed by atoms with Crippen molar-refractivity contribution in [2.45, 2.75) is 6.42 Å². The van der Waals surface area contributed by atoms with Crippen molar-refractivity contribution in [1.82, 2.24) is 0 Å². The Morgan fingerprint density at radius 2 is 1.70 bits per heavy atom. The predicted molar refractivity (Wildman–Crippen MR) is 90.0 cm³/mol. The smallest absolute Gasteiger partial charge is 0.228 e. The second-order valence-corrected chi connectivity index (χ2v) is 6.72. The van der Waals surface area contributed by atoms with E-state index in [2.05, 4.69) is 53.1 Å². The standard InChI is InChI=1S/C14H10Br3NO2/c15-9-6-10(16)14(11(17)7-9)18-13(20)5-8-3-1-2-4-12(8)19/h1-4,6-7,19H,5H2,(H,18,20). The molecule has 2 N–H and O–H groups in total. The van der Waals surface area contributed by atoms with Gasteiger partial charge >= 0.3 is 0 Å². The van der Waals surface area contributed by atoms with Crippen LogP contribution in [0.4, 0.5) is 5.69 Å². The van der Waals surface area contributed by atoms with Crippen molar-refractivity contribution in [3.8, 4) is 5.75 Å². The lowest BCUT2D eigenvalue weighted by Gasteiger charge is -2.11. The number of phenolic OH excluding ortho intramolecular Hbond substituents is 1. The zero-order valence-electron chi connectivity index (χ0n) is 10.2. The highest BCUT2D eigenvalue weighted by Crippen LogP contribution is 2.34. The lowest BCUT2D eigenvalue weighted by atomic mass is 10.1. The third kappa shape index (κ3) is 3.84. The van der Waals surface area contributed by atoms with Gasteiger partial charge < -0.3 is 10.4 Å². The average Bonchev–Trinajstić information content (AvgIpc) is 2.36. The maximum atomic E-state index is 12.0. The molecule has 0 aromatic heterocycles. The number of carbonyl (C=O) groups excluding carboxylic acids is 1. The van der Waals surface area contributed by atoms with Gasteiger partial charge in [-0.2, -0.15) is 0 Å². The molecule has 0 aliphatic carbocycles. The second-order valence-electron chi connectivity index (χ2n) is 4.10. The third-order valence-corrected chi connectivity index (χ3v) is 4.32. The molecule has 0 radical (unpaired) electrons. The van der Waals surface area contributed by atoms with Crippen LogP contribution in [0.5, 0.6) is 5.75 Å². The van der Waals surface area contributed by atoms with E-state index in [9.17, 15) is 9.90 Å². The van der Waals surface area contributed by atoms with Crippen molar-refractivity contribution in [2.75, 3.05) is 5.32 Å². The number of hydrogen-bond donors (Lipinski definition) is 2. The summed E-state index contributed by atoms with van der Waals surface area (Å²) in [4.78, 5) is 12.0. The quantitative estimate of drug-likeness (QED) is 0.683. The lowest BCUT2D eigenvalue weighted by Crippen LogP contribution is -2.15. The van der Waals surface area contributed by atoms with Gasteiger partial charge in [0.2, 0.25) is 5.91 Å². The first kappa shape index (κ1) is 15.5. The van der Waals surface area contributed by atoms with Crippen LogP contribution in [-0.2, 0) is 11.2 Å². The molecule has 2 aromatic rings. The van der Waals surface area contributed by atoms with E-state index >= 15 is 0 Å². The van der Waals surface area contributed by atoms with E-state index < -0.39 is 0 Å². The number of amides is 1. The molecule has 0 bridgehead atoms. The van der Waals surface area contributed by atoms with Crippen LogP contribution >= 0.6 is 47.8 Å². The zero-order chi connectivity index (χ0) is 14.7. The van der Waals surface area contributed by atoms with Gasteiger partial charge in [0, 0.05) is 19.0 Å². The van der Waals surface area contributed by atoms with Gasteiger partial charge in [-0.3, -0.25) is 4.79 Å². The maximum absolute atomic E-state index is 12.0. The van der Waals surface area contributed by atoms with E-state index in [0.717, 1.165) is 13.4 Å². The molecule has 6 heteroatoms. The SMILES string of the molecule is O=C(Cc1ccccc1O)Nc1c(Br)cc(Br)cc1Br. The molecule has 2 aromatic carbocycles. The van der Waals surface area contributed by atoms with Crippen LogP contribution in [0.25, 0.3) is 0 Å². The lowest BCUT2D eigenvalue weighted by molar-refractivity contribution is -0.115. The van der Waals surface area contributed by atoms with Gasteiger partial charge in [-0.25, -0.2) is 0 Å². The molecule has 0 aliphatic heterocycles. The Labute approximate surface area is 141 Å². The first-order valence-electron chi connectivity index (χ1n) is 5.68. The fourth-order valence-electron chi connectivity index (χ4n) is 1.68. The predicted octanol–water partition coefficient (Wildman–Crippen LogP) is 4.86. The number of carbonyl (C=O) groups is 1. The summed E-state index contributed by atoms with van der Waals surface area (Å²) in [5, 5.41) is 12.5. The van der Waals surface area contributed by atoms with Gasteiger partial charge in [-0.05, 0) is 50.1 Å². The molecule has 0 saturated heterocycles. The van der Waals surface area contributed by atoms with Crippen LogP contribution in [0.15, 0.2) is 49.8 Å². The Balaban J connectivity index is 2.15. The molecule has 3 nitrogen and oxygen atoms in total. The summed E-state index contributed by atoms with van der Waals surface area (Å²) in [7, 11) is 0. The molecule has 2 rings (SSSR count). The van der Waals surface area contributed by atoms with Crippen LogP contribution in [0, 0.1) is 0 Å². The number of nitrogens with one attached hydrogen (secondary N) is 1. The number of benzene rings is 2. The molecule has 0 saturated carbocycles. The van der Waals surface area contributed by atoms with E-state index in [1.807, 2.05) is 12.1 Å². The van der Waals surface area contributed by atoms with E-state index in [4.69, 9.17) is 0 Å². The highest BCUT2D eigenvalue weighted by molar-refractivity contribution is 9.11. The highest BCUT2D eigenvalue weighted by atomic mass is 79.9.